The van der Waals surface area contributed by atoms with Crippen molar-refractivity contribution < 1.29 is 9.53 Å². The fourth-order valence-corrected chi connectivity index (χ4v) is 2.22. The Labute approximate surface area is 116 Å². The Kier molecular flexibility index (Phi) is 3.42. The lowest BCUT2D eigenvalue weighted by molar-refractivity contribution is -0.0124. The van der Waals surface area contributed by atoms with Gasteiger partial charge < -0.3 is 9.64 Å². The van der Waals surface area contributed by atoms with Crippen molar-refractivity contribution in [3.63, 3.8) is 0 Å². The molecule has 7 heteroatoms. The van der Waals surface area contributed by atoms with E-state index in [4.69, 9.17) is 4.74 Å². The molecule has 1 aromatic heterocycles. The number of morpholine rings is 1. The minimum absolute atomic E-state index is 0.0309. The van der Waals surface area contributed by atoms with Gasteiger partial charge in [-0.15, -0.1) is 5.10 Å². The number of amides is 1. The SMILES string of the molecule is CC1CN(C(=O)c2ccc(-n3cnnn3)cc2)CCO1. The van der Waals surface area contributed by atoms with E-state index in [2.05, 4.69) is 15.5 Å². The van der Waals surface area contributed by atoms with Crippen molar-refractivity contribution in [3.05, 3.63) is 36.2 Å². The zero-order valence-corrected chi connectivity index (χ0v) is 11.1. The maximum absolute atomic E-state index is 12.4. The monoisotopic (exact) mass is 273 g/mol. The number of nitrogens with zero attached hydrogens (tertiary/aromatic N) is 5. The van der Waals surface area contributed by atoms with Crippen molar-refractivity contribution in [1.29, 1.82) is 0 Å². The average Bonchev–Trinajstić information content (AvgIpc) is 3.01. The van der Waals surface area contributed by atoms with Crippen LogP contribution in [-0.4, -0.2) is 56.8 Å². The van der Waals surface area contributed by atoms with E-state index in [1.807, 2.05) is 24.0 Å². The largest absolute Gasteiger partial charge is 0.375 e. The standard InChI is InChI=1S/C13H15N5O2/c1-10-8-17(6-7-20-10)13(19)11-2-4-12(5-3-11)18-9-14-15-16-18/h2-5,9-10H,6-8H2,1H3. The summed E-state index contributed by atoms with van der Waals surface area (Å²) in [5, 5.41) is 11.0. The van der Waals surface area contributed by atoms with Gasteiger partial charge in [0, 0.05) is 18.7 Å². The lowest BCUT2D eigenvalue weighted by Gasteiger charge is -2.31. The van der Waals surface area contributed by atoms with Gasteiger partial charge in [-0.05, 0) is 41.6 Å². The van der Waals surface area contributed by atoms with Crippen molar-refractivity contribution >= 4 is 5.91 Å². The van der Waals surface area contributed by atoms with Gasteiger partial charge in [0.15, 0.2) is 0 Å². The number of carbonyl (C=O) groups is 1. The number of carbonyl (C=O) groups excluding carboxylic acids is 1. The summed E-state index contributed by atoms with van der Waals surface area (Å²) in [6.07, 6.45) is 1.61. The van der Waals surface area contributed by atoms with Crippen LogP contribution in [0.2, 0.25) is 0 Å². The second-order valence-corrected chi connectivity index (χ2v) is 4.73. The fourth-order valence-electron chi connectivity index (χ4n) is 2.22. The minimum Gasteiger partial charge on any atom is -0.375 e. The maximum atomic E-state index is 12.4. The van der Waals surface area contributed by atoms with Gasteiger partial charge in [0.25, 0.3) is 5.91 Å². The zero-order valence-electron chi connectivity index (χ0n) is 11.1. The first-order valence-corrected chi connectivity index (χ1v) is 6.48. The van der Waals surface area contributed by atoms with Crippen LogP contribution in [0.1, 0.15) is 17.3 Å². The summed E-state index contributed by atoms with van der Waals surface area (Å²) in [6.45, 7) is 3.83. The molecule has 1 aromatic carbocycles. The summed E-state index contributed by atoms with van der Waals surface area (Å²) in [6, 6.07) is 7.24. The molecule has 0 saturated carbocycles. The van der Waals surface area contributed by atoms with Crippen LogP contribution in [0.5, 0.6) is 0 Å². The van der Waals surface area contributed by atoms with Gasteiger partial charge >= 0.3 is 0 Å². The fraction of sp³-hybridized carbons (Fsp3) is 0.385. The highest BCUT2D eigenvalue weighted by Crippen LogP contribution is 2.13. The first kappa shape index (κ1) is 12.7. The van der Waals surface area contributed by atoms with Crippen LogP contribution >= 0.6 is 0 Å². The van der Waals surface area contributed by atoms with Crippen LogP contribution in [0.3, 0.4) is 0 Å². The highest BCUT2D eigenvalue weighted by Gasteiger charge is 2.22. The molecule has 0 aliphatic carbocycles. The third-order valence-electron chi connectivity index (χ3n) is 3.26. The number of rotatable bonds is 2. The Morgan fingerprint density at radius 1 is 1.35 bits per heavy atom. The van der Waals surface area contributed by atoms with Crippen LogP contribution < -0.4 is 0 Å². The second kappa shape index (κ2) is 5.38. The van der Waals surface area contributed by atoms with E-state index >= 15 is 0 Å². The van der Waals surface area contributed by atoms with E-state index in [1.54, 1.807) is 16.8 Å². The molecule has 2 heterocycles. The molecule has 3 rings (SSSR count). The number of tetrazole rings is 1. The van der Waals surface area contributed by atoms with Gasteiger partial charge in [0.2, 0.25) is 0 Å². The molecule has 1 atom stereocenters. The summed E-state index contributed by atoms with van der Waals surface area (Å²) in [7, 11) is 0. The molecule has 2 aromatic rings. The molecule has 0 radical (unpaired) electrons. The van der Waals surface area contributed by atoms with Crippen molar-refractivity contribution in [1.82, 2.24) is 25.1 Å². The van der Waals surface area contributed by atoms with Gasteiger partial charge in [0.05, 0.1) is 18.4 Å². The molecular weight excluding hydrogens is 258 g/mol. The van der Waals surface area contributed by atoms with Crippen molar-refractivity contribution in [2.75, 3.05) is 19.7 Å². The van der Waals surface area contributed by atoms with E-state index in [9.17, 15) is 4.79 Å². The van der Waals surface area contributed by atoms with Crippen LogP contribution in [0, 0.1) is 0 Å². The van der Waals surface area contributed by atoms with E-state index in [0.717, 1.165) is 5.69 Å². The van der Waals surface area contributed by atoms with Crippen molar-refractivity contribution in [2.24, 2.45) is 0 Å². The van der Waals surface area contributed by atoms with Crippen LogP contribution in [0.15, 0.2) is 30.6 Å². The van der Waals surface area contributed by atoms with Crippen molar-refractivity contribution in [3.8, 4) is 5.69 Å². The lowest BCUT2D eigenvalue weighted by Crippen LogP contribution is -2.44. The molecule has 1 aliphatic heterocycles. The van der Waals surface area contributed by atoms with E-state index in [1.165, 1.54) is 6.33 Å². The molecule has 0 N–H and O–H groups in total. The Morgan fingerprint density at radius 2 is 2.15 bits per heavy atom. The highest BCUT2D eigenvalue weighted by molar-refractivity contribution is 5.94. The van der Waals surface area contributed by atoms with Gasteiger partial charge in [-0.2, -0.15) is 0 Å². The maximum Gasteiger partial charge on any atom is 0.254 e. The first-order chi connectivity index (χ1) is 9.74. The smallest absolute Gasteiger partial charge is 0.254 e. The molecule has 1 amide bonds. The Morgan fingerprint density at radius 3 is 2.80 bits per heavy atom. The summed E-state index contributed by atoms with van der Waals surface area (Å²) >= 11 is 0. The lowest BCUT2D eigenvalue weighted by atomic mass is 10.1. The van der Waals surface area contributed by atoms with Crippen molar-refractivity contribution in [2.45, 2.75) is 13.0 Å². The summed E-state index contributed by atoms with van der Waals surface area (Å²) in [4.78, 5) is 14.2. The summed E-state index contributed by atoms with van der Waals surface area (Å²) in [5.41, 5.74) is 1.48. The number of benzene rings is 1. The third-order valence-corrected chi connectivity index (χ3v) is 3.26. The quantitative estimate of drug-likeness (QED) is 0.797. The highest BCUT2D eigenvalue weighted by atomic mass is 16.5. The molecular formula is C13H15N5O2. The molecule has 1 fully saturated rings. The van der Waals surface area contributed by atoms with Crippen LogP contribution in [-0.2, 0) is 4.74 Å². The van der Waals surface area contributed by atoms with E-state index in [0.29, 0.717) is 25.3 Å². The Hall–Kier alpha value is -2.28. The predicted octanol–water partition coefficient (Wildman–Crippen LogP) is 0.523. The van der Waals surface area contributed by atoms with Crippen LogP contribution in [0.25, 0.3) is 5.69 Å². The third kappa shape index (κ3) is 2.53. The molecule has 104 valence electrons. The molecule has 1 saturated heterocycles. The number of hydrogen-bond donors (Lipinski definition) is 0. The van der Waals surface area contributed by atoms with Gasteiger partial charge in [-0.3, -0.25) is 4.79 Å². The number of ether oxygens (including phenoxy) is 1. The number of hydrogen-bond acceptors (Lipinski definition) is 5. The Balaban J connectivity index is 1.75. The molecule has 7 nitrogen and oxygen atoms in total. The number of aromatic nitrogens is 4. The molecule has 1 unspecified atom stereocenters. The summed E-state index contributed by atoms with van der Waals surface area (Å²) in [5.74, 6) is 0.0309. The summed E-state index contributed by atoms with van der Waals surface area (Å²) < 4.78 is 6.99. The van der Waals surface area contributed by atoms with E-state index in [-0.39, 0.29) is 12.0 Å². The normalized spacial score (nSPS) is 19.1. The zero-order chi connectivity index (χ0) is 13.9. The molecule has 0 spiro atoms. The van der Waals surface area contributed by atoms with Crippen LogP contribution in [0.4, 0.5) is 0 Å². The molecule has 1 aliphatic rings. The Bertz CT molecular complexity index is 581. The van der Waals surface area contributed by atoms with Gasteiger partial charge in [0.1, 0.15) is 6.33 Å². The molecule has 0 bridgehead atoms. The van der Waals surface area contributed by atoms with Gasteiger partial charge in [-0.25, -0.2) is 4.68 Å². The first-order valence-electron chi connectivity index (χ1n) is 6.48. The molecule has 20 heavy (non-hydrogen) atoms. The minimum atomic E-state index is 0.0309. The predicted molar refractivity (Wildman–Crippen MR) is 70.5 cm³/mol. The van der Waals surface area contributed by atoms with E-state index < -0.39 is 0 Å². The van der Waals surface area contributed by atoms with Gasteiger partial charge in [-0.1, -0.05) is 0 Å². The topological polar surface area (TPSA) is 73.1 Å². The second-order valence-electron chi connectivity index (χ2n) is 4.73. The average molecular weight is 273 g/mol.